The van der Waals surface area contributed by atoms with Gasteiger partial charge in [-0.25, -0.2) is 9.67 Å². The van der Waals surface area contributed by atoms with E-state index in [-0.39, 0.29) is 18.4 Å². The van der Waals surface area contributed by atoms with Crippen LogP contribution >= 0.6 is 11.6 Å². The number of benzene rings is 1. The number of ether oxygens (including phenoxy) is 1. The first-order chi connectivity index (χ1) is 14.7. The third-order valence-corrected chi connectivity index (χ3v) is 5.62. The van der Waals surface area contributed by atoms with Crippen LogP contribution in [0, 0.1) is 0 Å². The lowest BCUT2D eigenvalue weighted by atomic mass is 9.96. The molecule has 31 heavy (non-hydrogen) atoms. The van der Waals surface area contributed by atoms with E-state index < -0.39 is 12.6 Å². The Morgan fingerprint density at radius 3 is 2.77 bits per heavy atom. The normalized spacial score (nSPS) is 17.1. The molecule has 1 aliphatic rings. The Morgan fingerprint density at radius 2 is 2.13 bits per heavy atom. The number of hydrogen-bond acceptors (Lipinski definition) is 4. The Morgan fingerprint density at radius 1 is 1.35 bits per heavy atom. The first kappa shape index (κ1) is 23.4. The zero-order valence-corrected chi connectivity index (χ0v) is 18.3. The molecule has 170 valence electrons. The Balaban J connectivity index is 1.91. The quantitative estimate of drug-likeness (QED) is 0.581. The fourth-order valence-electron chi connectivity index (χ4n) is 3.77. The van der Waals surface area contributed by atoms with E-state index >= 15 is 0 Å². The summed E-state index contributed by atoms with van der Waals surface area (Å²) in [7, 11) is 1.50. The van der Waals surface area contributed by atoms with Gasteiger partial charge in [0.05, 0.1) is 25.1 Å². The molecule has 10 heteroatoms. The summed E-state index contributed by atoms with van der Waals surface area (Å²) in [5, 5.41) is 4.73. The van der Waals surface area contributed by atoms with Crippen molar-refractivity contribution >= 4 is 17.5 Å². The minimum absolute atomic E-state index is 0.0655. The van der Waals surface area contributed by atoms with E-state index in [9.17, 15) is 18.0 Å². The van der Waals surface area contributed by atoms with Crippen molar-refractivity contribution in [2.24, 2.45) is 0 Å². The minimum atomic E-state index is -4.30. The summed E-state index contributed by atoms with van der Waals surface area (Å²) < 4.78 is 45.1. The van der Waals surface area contributed by atoms with E-state index in [4.69, 9.17) is 16.3 Å². The smallest absolute Gasteiger partial charge is 0.390 e. The molecule has 0 radical (unpaired) electrons. The van der Waals surface area contributed by atoms with Crippen molar-refractivity contribution in [1.29, 1.82) is 0 Å². The van der Waals surface area contributed by atoms with Crippen molar-refractivity contribution in [3.8, 4) is 17.1 Å². The van der Waals surface area contributed by atoms with Gasteiger partial charge in [0, 0.05) is 31.0 Å². The topological polar surface area (TPSA) is 60.3 Å². The van der Waals surface area contributed by atoms with E-state index in [1.807, 2.05) is 6.92 Å². The number of nitrogens with zero attached hydrogens (tertiary/aromatic N) is 4. The number of aryl methyl sites for hydroxylation is 1. The van der Waals surface area contributed by atoms with E-state index in [1.165, 1.54) is 11.8 Å². The van der Waals surface area contributed by atoms with E-state index in [1.54, 1.807) is 23.1 Å². The monoisotopic (exact) mass is 458 g/mol. The van der Waals surface area contributed by atoms with Crippen LogP contribution in [0.3, 0.4) is 0 Å². The van der Waals surface area contributed by atoms with Crippen molar-refractivity contribution in [3.63, 3.8) is 0 Å². The number of likely N-dealkylation sites (tertiary alicyclic amines) is 1. The number of methoxy groups -OCH3 is 1. The van der Waals surface area contributed by atoms with Crippen LogP contribution in [0.2, 0.25) is 5.02 Å². The molecule has 2 heterocycles. The molecule has 0 aliphatic carbocycles. The molecule has 6 nitrogen and oxygen atoms in total. The van der Waals surface area contributed by atoms with E-state index in [0.29, 0.717) is 47.5 Å². The molecular formula is C21H26ClF3N4O2. The summed E-state index contributed by atoms with van der Waals surface area (Å²) in [5.74, 6) is 1.16. The maximum Gasteiger partial charge on any atom is 0.390 e. The largest absolute Gasteiger partial charge is 0.495 e. The highest BCUT2D eigenvalue weighted by atomic mass is 35.5. The number of carbonyl (C=O) groups is 1. The molecule has 1 unspecified atom stereocenters. The highest BCUT2D eigenvalue weighted by Crippen LogP contribution is 2.32. The molecule has 0 spiro atoms. The number of hydrogen-bond donors (Lipinski definition) is 0. The third kappa shape index (κ3) is 5.90. The molecule has 0 bridgehead atoms. The standard InChI is InChI=1S/C21H26ClF3N4O2/c1-3-5-18(30)28-10-4-6-15(13-28)20-26-19(27-29(20)11-9-21(23,24)25)14-7-8-17(31-2)16(22)12-14/h7-8,12,15H,3-6,9-11,13H2,1-2H3. The highest BCUT2D eigenvalue weighted by molar-refractivity contribution is 6.32. The molecular weight excluding hydrogens is 433 g/mol. The zero-order valence-electron chi connectivity index (χ0n) is 17.6. The lowest BCUT2D eigenvalue weighted by Crippen LogP contribution is -2.39. The average molecular weight is 459 g/mol. The molecule has 1 fully saturated rings. The van der Waals surface area contributed by atoms with Crippen LogP contribution < -0.4 is 4.74 Å². The zero-order chi connectivity index (χ0) is 22.6. The van der Waals surface area contributed by atoms with Gasteiger partial charge in [-0.15, -0.1) is 0 Å². The van der Waals surface area contributed by atoms with Gasteiger partial charge >= 0.3 is 6.18 Å². The van der Waals surface area contributed by atoms with Crippen LogP contribution in [0.25, 0.3) is 11.4 Å². The fraction of sp³-hybridized carbons (Fsp3) is 0.571. The van der Waals surface area contributed by atoms with Crippen molar-refractivity contribution in [2.75, 3.05) is 20.2 Å². The number of rotatable bonds is 7. The SMILES string of the molecule is CCCC(=O)N1CCCC(c2nc(-c3ccc(OC)c(Cl)c3)nn2CCC(F)(F)F)C1. The van der Waals surface area contributed by atoms with Gasteiger partial charge in [0.15, 0.2) is 5.82 Å². The van der Waals surface area contributed by atoms with Crippen molar-refractivity contribution < 1.29 is 22.7 Å². The van der Waals surface area contributed by atoms with Crippen LogP contribution in [0.4, 0.5) is 13.2 Å². The van der Waals surface area contributed by atoms with Gasteiger partial charge in [0.2, 0.25) is 5.91 Å². The number of amides is 1. The molecule has 1 aromatic carbocycles. The Kier molecular flexibility index (Phi) is 7.46. The molecule has 3 rings (SSSR count). The molecule has 1 atom stereocenters. The number of aromatic nitrogens is 3. The second-order valence-corrected chi connectivity index (χ2v) is 8.07. The highest BCUT2D eigenvalue weighted by Gasteiger charge is 2.31. The number of piperidine rings is 1. The van der Waals surface area contributed by atoms with Gasteiger partial charge in [0.25, 0.3) is 0 Å². The van der Waals surface area contributed by atoms with Gasteiger partial charge in [-0.1, -0.05) is 18.5 Å². The van der Waals surface area contributed by atoms with Crippen molar-refractivity contribution in [1.82, 2.24) is 19.7 Å². The Bertz CT molecular complexity index is 917. The summed E-state index contributed by atoms with van der Waals surface area (Å²) in [6.45, 7) is 2.72. The fourth-order valence-corrected chi connectivity index (χ4v) is 4.03. The molecule has 1 amide bonds. The maximum atomic E-state index is 12.9. The molecule has 1 aromatic heterocycles. The molecule has 0 N–H and O–H groups in total. The van der Waals surface area contributed by atoms with Crippen LogP contribution in [-0.2, 0) is 11.3 Å². The summed E-state index contributed by atoms with van der Waals surface area (Å²) >= 11 is 6.20. The minimum Gasteiger partial charge on any atom is -0.495 e. The van der Waals surface area contributed by atoms with Crippen molar-refractivity contribution in [2.45, 2.75) is 57.7 Å². The molecule has 1 saturated heterocycles. The van der Waals surface area contributed by atoms with Gasteiger partial charge in [-0.3, -0.25) is 4.79 Å². The summed E-state index contributed by atoms with van der Waals surface area (Å²) in [4.78, 5) is 18.7. The molecule has 2 aromatic rings. The van der Waals surface area contributed by atoms with Gasteiger partial charge < -0.3 is 9.64 Å². The van der Waals surface area contributed by atoms with E-state index in [2.05, 4.69) is 10.1 Å². The van der Waals surface area contributed by atoms with Crippen LogP contribution in [0.1, 0.15) is 50.8 Å². The summed E-state index contributed by atoms with van der Waals surface area (Å²) in [5.41, 5.74) is 0.590. The van der Waals surface area contributed by atoms with Crippen LogP contribution in [0.5, 0.6) is 5.75 Å². The van der Waals surface area contributed by atoms with E-state index in [0.717, 1.165) is 19.3 Å². The van der Waals surface area contributed by atoms with Gasteiger partial charge in [0.1, 0.15) is 11.6 Å². The maximum absolute atomic E-state index is 12.9. The summed E-state index contributed by atoms with van der Waals surface area (Å²) in [6.07, 6.45) is -2.58. The first-order valence-corrected chi connectivity index (χ1v) is 10.7. The second-order valence-electron chi connectivity index (χ2n) is 7.66. The van der Waals surface area contributed by atoms with Crippen LogP contribution in [0.15, 0.2) is 18.2 Å². The second kappa shape index (κ2) is 9.89. The third-order valence-electron chi connectivity index (χ3n) is 5.32. The van der Waals surface area contributed by atoms with Crippen molar-refractivity contribution in [3.05, 3.63) is 29.0 Å². The number of alkyl halides is 3. The lowest BCUT2D eigenvalue weighted by Gasteiger charge is -2.32. The Labute approximate surface area is 184 Å². The van der Waals surface area contributed by atoms with Gasteiger partial charge in [-0.05, 0) is 37.5 Å². The van der Waals surface area contributed by atoms with Crippen LogP contribution in [-0.4, -0.2) is 51.9 Å². The number of halogens is 4. The van der Waals surface area contributed by atoms with Gasteiger partial charge in [-0.2, -0.15) is 18.3 Å². The summed E-state index contributed by atoms with van der Waals surface area (Å²) in [6, 6.07) is 5.01. The molecule has 0 saturated carbocycles. The predicted molar refractivity (Wildman–Crippen MR) is 111 cm³/mol. The average Bonchev–Trinajstić information content (AvgIpc) is 3.16. The number of carbonyl (C=O) groups excluding carboxylic acids is 1. The first-order valence-electron chi connectivity index (χ1n) is 10.3. The predicted octanol–water partition coefficient (Wildman–Crippen LogP) is 5.07. The molecule has 1 aliphatic heterocycles. The lowest BCUT2D eigenvalue weighted by molar-refractivity contribution is -0.137. The Hall–Kier alpha value is -2.29.